The summed E-state index contributed by atoms with van der Waals surface area (Å²) in [5.74, 6) is 0.105. The molecule has 26 heavy (non-hydrogen) atoms. The van der Waals surface area contributed by atoms with Gasteiger partial charge in [0.05, 0.1) is 0 Å². The Morgan fingerprint density at radius 1 is 1.15 bits per heavy atom. The molecule has 0 aliphatic heterocycles. The number of phenolic OH excluding ortho intramolecular Hbond substituents is 1. The number of aryl methyl sites for hydroxylation is 1. The molecule has 3 rings (SSSR count). The van der Waals surface area contributed by atoms with E-state index in [0.717, 1.165) is 16.5 Å². The predicted molar refractivity (Wildman–Crippen MR) is 99.7 cm³/mol. The van der Waals surface area contributed by atoms with E-state index in [0.29, 0.717) is 17.7 Å². The minimum atomic E-state index is -0.453. The number of rotatable bonds is 5. The van der Waals surface area contributed by atoms with Gasteiger partial charge in [-0.3, -0.25) is 0 Å². The average Bonchev–Trinajstić information content (AvgIpc) is 2.60. The predicted octanol–water partition coefficient (Wildman–Crippen LogP) is 4.43. The molecule has 0 radical (unpaired) electrons. The molecule has 0 amide bonds. The summed E-state index contributed by atoms with van der Waals surface area (Å²) in [5.41, 5.74) is 2.28. The van der Waals surface area contributed by atoms with Gasteiger partial charge in [0.25, 0.3) is 0 Å². The first-order valence-electron chi connectivity index (χ1n) is 8.61. The van der Waals surface area contributed by atoms with E-state index < -0.39 is 5.63 Å². The summed E-state index contributed by atoms with van der Waals surface area (Å²) in [5, 5.41) is 14.1. The fraction of sp³-hybridized carbons (Fsp3) is 0.286. The van der Waals surface area contributed by atoms with Gasteiger partial charge < -0.3 is 14.8 Å². The topological polar surface area (TPSA) is 62.5 Å². The molecule has 4 nitrogen and oxygen atoms in total. The number of halogens is 1. The molecule has 1 aromatic heterocycles. The Morgan fingerprint density at radius 3 is 2.50 bits per heavy atom. The van der Waals surface area contributed by atoms with Crippen molar-refractivity contribution < 1.29 is 13.9 Å². The third-order valence-electron chi connectivity index (χ3n) is 4.63. The van der Waals surface area contributed by atoms with Gasteiger partial charge in [-0.2, -0.15) is 0 Å². The van der Waals surface area contributed by atoms with Gasteiger partial charge in [-0.25, -0.2) is 9.18 Å². The number of nitrogens with one attached hydrogen (secondary N) is 1. The van der Waals surface area contributed by atoms with Crippen molar-refractivity contribution >= 4 is 11.0 Å². The quantitative estimate of drug-likeness (QED) is 0.665. The normalized spacial score (nSPS) is 12.7. The highest BCUT2D eigenvalue weighted by atomic mass is 19.1. The van der Waals surface area contributed by atoms with E-state index in [2.05, 4.69) is 19.2 Å². The number of aromatic hydroxyl groups is 1. The molecular formula is C21H22FNO3. The van der Waals surface area contributed by atoms with Crippen molar-refractivity contribution in [2.75, 3.05) is 0 Å². The van der Waals surface area contributed by atoms with Crippen LogP contribution in [-0.4, -0.2) is 5.11 Å². The first-order valence-corrected chi connectivity index (χ1v) is 8.61. The van der Waals surface area contributed by atoms with Crippen molar-refractivity contribution in [3.05, 3.63) is 75.4 Å². The van der Waals surface area contributed by atoms with Gasteiger partial charge in [-0.05, 0) is 48.2 Å². The van der Waals surface area contributed by atoms with Crippen molar-refractivity contribution in [1.29, 1.82) is 0 Å². The second kappa shape index (κ2) is 7.30. The largest absolute Gasteiger partial charge is 0.508 e. The number of hydrogen-bond acceptors (Lipinski definition) is 4. The van der Waals surface area contributed by atoms with Crippen LogP contribution in [0.15, 0.2) is 51.7 Å². The van der Waals surface area contributed by atoms with Gasteiger partial charge in [-0.1, -0.05) is 26.0 Å². The lowest BCUT2D eigenvalue weighted by molar-refractivity contribution is 0.410. The number of hydrogen-bond donors (Lipinski definition) is 2. The lowest BCUT2D eigenvalue weighted by Crippen LogP contribution is -2.26. The van der Waals surface area contributed by atoms with E-state index in [1.165, 1.54) is 18.2 Å². The van der Waals surface area contributed by atoms with E-state index in [1.807, 2.05) is 0 Å². The molecule has 0 saturated heterocycles. The molecule has 1 heterocycles. The summed E-state index contributed by atoms with van der Waals surface area (Å²) in [6, 6.07) is 11.3. The molecule has 0 fully saturated rings. The zero-order valence-corrected chi connectivity index (χ0v) is 15.0. The van der Waals surface area contributed by atoms with Crippen LogP contribution in [0, 0.1) is 18.7 Å². The van der Waals surface area contributed by atoms with E-state index in [1.54, 1.807) is 31.2 Å². The monoisotopic (exact) mass is 355 g/mol. The molecule has 2 aromatic carbocycles. The fourth-order valence-corrected chi connectivity index (χ4v) is 3.19. The average molecular weight is 355 g/mol. The highest BCUT2D eigenvalue weighted by Crippen LogP contribution is 2.28. The minimum absolute atomic E-state index is 0.0103. The van der Waals surface area contributed by atoms with Crippen molar-refractivity contribution in [2.45, 2.75) is 33.4 Å². The Kier molecular flexibility index (Phi) is 5.09. The van der Waals surface area contributed by atoms with Gasteiger partial charge in [0.2, 0.25) is 0 Å². The molecular weight excluding hydrogens is 333 g/mol. The van der Waals surface area contributed by atoms with E-state index in [-0.39, 0.29) is 23.5 Å². The molecule has 2 N–H and O–H groups in total. The van der Waals surface area contributed by atoms with Crippen molar-refractivity contribution in [3.8, 4) is 5.75 Å². The molecule has 0 bridgehead atoms. The Bertz CT molecular complexity index is 977. The molecule has 0 spiro atoms. The summed E-state index contributed by atoms with van der Waals surface area (Å²) >= 11 is 0. The van der Waals surface area contributed by atoms with Crippen LogP contribution >= 0.6 is 0 Å². The Balaban J connectivity index is 1.94. The maximum Gasteiger partial charge on any atom is 0.336 e. The summed E-state index contributed by atoms with van der Waals surface area (Å²) < 4.78 is 18.5. The van der Waals surface area contributed by atoms with Crippen LogP contribution in [0.25, 0.3) is 11.0 Å². The van der Waals surface area contributed by atoms with E-state index in [9.17, 15) is 14.3 Å². The lowest BCUT2D eigenvalue weighted by atomic mass is 9.95. The maximum absolute atomic E-state index is 13.2. The van der Waals surface area contributed by atoms with Gasteiger partial charge >= 0.3 is 5.63 Å². The summed E-state index contributed by atoms with van der Waals surface area (Å²) in [6.45, 7) is 6.33. The first-order chi connectivity index (χ1) is 12.4. The molecule has 136 valence electrons. The highest BCUT2D eigenvalue weighted by Gasteiger charge is 2.17. The molecule has 0 aliphatic rings. The first kappa shape index (κ1) is 18.1. The van der Waals surface area contributed by atoms with Gasteiger partial charge in [0.1, 0.15) is 17.1 Å². The second-order valence-corrected chi connectivity index (χ2v) is 6.83. The molecule has 0 aliphatic carbocycles. The SMILES string of the molecule is Cc1c(O)ccc2c(CN[C@@H](c3ccc(F)cc3)C(C)C)cc(=O)oc12. The zero-order valence-electron chi connectivity index (χ0n) is 15.0. The van der Waals surface area contributed by atoms with Crippen molar-refractivity contribution in [3.63, 3.8) is 0 Å². The molecule has 1 atom stereocenters. The summed E-state index contributed by atoms with van der Waals surface area (Å²) in [6.07, 6.45) is 0. The Labute approximate surface area is 151 Å². The molecule has 0 unspecified atom stereocenters. The number of phenols is 1. The summed E-state index contributed by atoms with van der Waals surface area (Å²) in [7, 11) is 0. The van der Waals surface area contributed by atoms with Crippen LogP contribution in [0.1, 0.15) is 36.6 Å². The van der Waals surface area contributed by atoms with Crippen LogP contribution in [0.5, 0.6) is 5.75 Å². The fourth-order valence-electron chi connectivity index (χ4n) is 3.19. The van der Waals surface area contributed by atoms with Gasteiger partial charge in [0, 0.05) is 29.6 Å². The smallest absolute Gasteiger partial charge is 0.336 e. The minimum Gasteiger partial charge on any atom is -0.508 e. The standard InChI is InChI=1S/C21H22FNO3/c1-12(2)20(14-4-6-16(22)7-5-14)23-11-15-10-19(25)26-21-13(3)18(24)9-8-17(15)21/h4-10,12,20,23-24H,11H2,1-3H3/t20-/m1/s1. The third-order valence-corrected chi connectivity index (χ3v) is 4.63. The van der Waals surface area contributed by atoms with Crippen LogP contribution < -0.4 is 10.9 Å². The van der Waals surface area contributed by atoms with E-state index in [4.69, 9.17) is 4.42 Å². The highest BCUT2D eigenvalue weighted by molar-refractivity contribution is 5.84. The summed E-state index contributed by atoms with van der Waals surface area (Å²) in [4.78, 5) is 11.9. The van der Waals surface area contributed by atoms with Crippen LogP contribution in [0.4, 0.5) is 4.39 Å². The number of fused-ring (bicyclic) bond motifs is 1. The Morgan fingerprint density at radius 2 is 1.85 bits per heavy atom. The Hall–Kier alpha value is -2.66. The van der Waals surface area contributed by atoms with Crippen molar-refractivity contribution in [1.82, 2.24) is 5.32 Å². The van der Waals surface area contributed by atoms with Crippen LogP contribution in [0.2, 0.25) is 0 Å². The van der Waals surface area contributed by atoms with Crippen LogP contribution in [-0.2, 0) is 6.54 Å². The number of benzene rings is 2. The zero-order chi connectivity index (χ0) is 18.8. The third kappa shape index (κ3) is 3.63. The molecule has 0 saturated carbocycles. The molecule has 3 aromatic rings. The van der Waals surface area contributed by atoms with E-state index >= 15 is 0 Å². The van der Waals surface area contributed by atoms with Gasteiger partial charge in [-0.15, -0.1) is 0 Å². The van der Waals surface area contributed by atoms with Gasteiger partial charge in [0.15, 0.2) is 0 Å². The lowest BCUT2D eigenvalue weighted by Gasteiger charge is -2.23. The second-order valence-electron chi connectivity index (χ2n) is 6.83. The maximum atomic E-state index is 13.2. The molecule has 5 heteroatoms. The van der Waals surface area contributed by atoms with Crippen molar-refractivity contribution in [2.24, 2.45) is 5.92 Å². The van der Waals surface area contributed by atoms with Crippen LogP contribution in [0.3, 0.4) is 0 Å².